The van der Waals surface area contributed by atoms with E-state index in [1.54, 1.807) is 51.2 Å². The molecular weight excluding hydrogens is 676 g/mol. The molecule has 0 unspecified atom stereocenters. The summed E-state index contributed by atoms with van der Waals surface area (Å²) in [6.07, 6.45) is 4.77. The molecule has 1 amide bonds. The summed E-state index contributed by atoms with van der Waals surface area (Å²) in [5.74, 6) is 0.419. The Morgan fingerprint density at radius 2 is 2.09 bits per heavy atom. The summed E-state index contributed by atoms with van der Waals surface area (Å²) in [6, 6.07) is 3.49. The number of piperidine rings is 1. The van der Waals surface area contributed by atoms with Gasteiger partial charge in [-0.3, -0.25) is 14.7 Å². The van der Waals surface area contributed by atoms with Gasteiger partial charge in [0.1, 0.15) is 15.7 Å². The number of alkyl halides is 3. The first-order valence-corrected chi connectivity index (χ1v) is 13.4. The van der Waals surface area contributed by atoms with Crippen molar-refractivity contribution in [2.45, 2.75) is 28.0 Å². The predicted molar refractivity (Wildman–Crippen MR) is 143 cm³/mol. The van der Waals surface area contributed by atoms with Crippen molar-refractivity contribution in [3.63, 3.8) is 0 Å². The molecule has 0 aromatic carbocycles. The number of carbonyl (C=O) groups is 1. The van der Waals surface area contributed by atoms with Crippen molar-refractivity contribution in [3.8, 4) is 10.6 Å². The number of carbonyl (C=O) groups excluding carboxylic acids is 1. The van der Waals surface area contributed by atoms with Crippen molar-refractivity contribution in [2.24, 2.45) is 16.6 Å². The fourth-order valence-corrected chi connectivity index (χ4v) is 5.17. The van der Waals surface area contributed by atoms with E-state index in [1.807, 2.05) is 6.07 Å². The second kappa shape index (κ2) is 10.1. The lowest BCUT2D eigenvalue weighted by Crippen LogP contribution is -2.33. The number of thiazole rings is 1. The molecule has 7 nitrogen and oxygen atoms in total. The van der Waals surface area contributed by atoms with E-state index in [-0.39, 0.29) is 24.6 Å². The van der Waals surface area contributed by atoms with Gasteiger partial charge in [0.15, 0.2) is 0 Å². The summed E-state index contributed by atoms with van der Waals surface area (Å²) in [5.41, 5.74) is 6.85. The van der Waals surface area contributed by atoms with E-state index in [1.165, 1.54) is 17.3 Å². The van der Waals surface area contributed by atoms with Gasteiger partial charge in [0, 0.05) is 25.5 Å². The van der Waals surface area contributed by atoms with Crippen LogP contribution >= 0.6 is 56.5 Å². The van der Waals surface area contributed by atoms with Crippen molar-refractivity contribution in [2.75, 3.05) is 24.5 Å². The van der Waals surface area contributed by atoms with E-state index < -0.39 is 7.63 Å². The standard InChI is InChI=1S/C21H22F2I2N6OS/c1-12-4-6-30(7-5-12)16-3-2-14(18(22)29-16)19-28-15-10-31(20(32)17(15)33-19)13(8-26)9-27-11-21(23,24)25/h2-3,8-9,12H,4-7,10-11,26H2,1H3/b13-8+,27-9?. The Kier molecular flexibility index (Phi) is 7.53. The minimum Gasteiger partial charge on any atom is -0.403 e. The molecule has 33 heavy (non-hydrogen) atoms. The number of amides is 1. The summed E-state index contributed by atoms with van der Waals surface area (Å²) in [5, 5.41) is 0.417. The zero-order valence-corrected chi connectivity index (χ0v) is 22.9. The Morgan fingerprint density at radius 3 is 2.70 bits per heavy atom. The number of nitrogens with two attached hydrogens (primary N) is 1. The van der Waals surface area contributed by atoms with E-state index in [4.69, 9.17) is 5.73 Å². The first-order valence-electron chi connectivity index (χ1n) is 10.4. The third kappa shape index (κ3) is 5.63. The molecule has 176 valence electrons. The molecule has 0 radical (unpaired) electrons. The second-order valence-corrected chi connectivity index (χ2v) is 14.5. The van der Waals surface area contributed by atoms with Crippen LogP contribution in [0.3, 0.4) is 0 Å². The number of hydrogen-bond acceptors (Lipinski definition) is 7. The smallest absolute Gasteiger partial charge is 0.270 e. The fourth-order valence-electron chi connectivity index (χ4n) is 3.74. The third-order valence-corrected chi connectivity index (χ3v) is 7.39. The zero-order valence-electron chi connectivity index (χ0n) is 17.8. The largest absolute Gasteiger partial charge is 0.403 e. The molecule has 0 spiro atoms. The zero-order chi connectivity index (χ0) is 23.8. The SMILES string of the molecule is CC1CCN(c2ccc(-c3nc4c(s3)C(=O)N(/C(C=NCC(F)(I)I)=C/N)C4)c(F)n2)CC1. The first-order chi connectivity index (χ1) is 15.7. The molecule has 0 aliphatic carbocycles. The Balaban J connectivity index is 1.49. The number of hydrogen-bond donors (Lipinski definition) is 1. The van der Waals surface area contributed by atoms with Gasteiger partial charge in [-0.05, 0) is 76.1 Å². The van der Waals surface area contributed by atoms with Gasteiger partial charge < -0.3 is 10.6 Å². The van der Waals surface area contributed by atoms with E-state index in [9.17, 15) is 13.6 Å². The number of anilines is 1. The minimum atomic E-state index is -1.52. The van der Waals surface area contributed by atoms with Crippen LogP contribution in [0, 0.1) is 11.9 Å². The van der Waals surface area contributed by atoms with Crippen LogP contribution in [0.25, 0.3) is 10.6 Å². The van der Waals surface area contributed by atoms with Gasteiger partial charge in [0.2, 0.25) is 7.63 Å². The molecule has 4 heterocycles. The number of aliphatic imine (C=N–C) groups is 1. The molecule has 0 bridgehead atoms. The lowest BCUT2D eigenvalue weighted by molar-refractivity contribution is 0.0837. The van der Waals surface area contributed by atoms with Crippen molar-refractivity contribution in [1.82, 2.24) is 14.9 Å². The Morgan fingerprint density at radius 1 is 1.36 bits per heavy atom. The molecule has 4 rings (SSSR count). The number of rotatable bonds is 6. The number of pyridine rings is 1. The Hall–Kier alpha value is -1.42. The molecule has 2 aliphatic heterocycles. The average molecular weight is 698 g/mol. The van der Waals surface area contributed by atoms with E-state index in [2.05, 4.69) is 26.8 Å². The number of aromatic nitrogens is 2. The van der Waals surface area contributed by atoms with E-state index in [0.29, 0.717) is 33.0 Å². The van der Waals surface area contributed by atoms with Crippen LogP contribution in [-0.4, -0.2) is 48.3 Å². The van der Waals surface area contributed by atoms with Gasteiger partial charge in [-0.1, -0.05) is 6.92 Å². The summed E-state index contributed by atoms with van der Waals surface area (Å²) >= 11 is 4.41. The molecule has 2 N–H and O–H groups in total. The molecule has 12 heteroatoms. The molecule has 2 aliphatic rings. The lowest BCUT2D eigenvalue weighted by Gasteiger charge is -2.31. The highest BCUT2D eigenvalue weighted by atomic mass is 127. The van der Waals surface area contributed by atoms with Gasteiger partial charge in [-0.2, -0.15) is 4.39 Å². The quantitative estimate of drug-likeness (QED) is 0.201. The summed E-state index contributed by atoms with van der Waals surface area (Å²) in [4.78, 5) is 29.6. The maximum atomic E-state index is 14.9. The van der Waals surface area contributed by atoms with Gasteiger partial charge in [0.25, 0.3) is 5.91 Å². The number of nitrogens with zero attached hydrogens (tertiary/aromatic N) is 5. The molecule has 2 aromatic rings. The van der Waals surface area contributed by atoms with Gasteiger partial charge in [-0.15, -0.1) is 11.3 Å². The average Bonchev–Trinajstić information content (AvgIpc) is 3.30. The van der Waals surface area contributed by atoms with E-state index >= 15 is 0 Å². The van der Waals surface area contributed by atoms with Crippen molar-refractivity contribution >= 4 is 74.5 Å². The van der Waals surface area contributed by atoms with Crippen LogP contribution < -0.4 is 10.6 Å². The van der Waals surface area contributed by atoms with Crippen molar-refractivity contribution in [1.29, 1.82) is 0 Å². The maximum Gasteiger partial charge on any atom is 0.270 e. The minimum absolute atomic E-state index is 0.0730. The predicted octanol–water partition coefficient (Wildman–Crippen LogP) is 4.90. The van der Waals surface area contributed by atoms with Crippen LogP contribution in [0.4, 0.5) is 14.6 Å². The van der Waals surface area contributed by atoms with Crippen molar-refractivity contribution in [3.05, 3.63) is 40.5 Å². The first kappa shape index (κ1) is 24.7. The van der Waals surface area contributed by atoms with Gasteiger partial charge in [0.05, 0.1) is 30.0 Å². The number of halogens is 4. The monoisotopic (exact) mass is 698 g/mol. The van der Waals surface area contributed by atoms with Crippen LogP contribution in [-0.2, 0) is 6.54 Å². The van der Waals surface area contributed by atoms with Crippen LogP contribution in [0.15, 0.2) is 29.0 Å². The van der Waals surface area contributed by atoms with Gasteiger partial charge in [-0.25, -0.2) is 14.4 Å². The summed E-state index contributed by atoms with van der Waals surface area (Å²) in [7, 11) is 0. The maximum absolute atomic E-state index is 14.9. The molecule has 0 atom stereocenters. The van der Waals surface area contributed by atoms with Crippen LogP contribution in [0.1, 0.15) is 35.1 Å². The number of allylic oxidation sites excluding steroid dienone is 1. The summed E-state index contributed by atoms with van der Waals surface area (Å²) in [6.45, 7) is 4.07. The molecular formula is C21H22F2I2N6OS. The lowest BCUT2D eigenvalue weighted by atomic mass is 9.99. The molecule has 1 saturated heterocycles. The van der Waals surface area contributed by atoms with Crippen molar-refractivity contribution < 1.29 is 13.6 Å². The van der Waals surface area contributed by atoms with E-state index in [0.717, 1.165) is 37.3 Å². The fraction of sp³-hybridized carbons (Fsp3) is 0.429. The summed E-state index contributed by atoms with van der Waals surface area (Å²) < 4.78 is 27.0. The highest BCUT2D eigenvalue weighted by Gasteiger charge is 2.34. The highest BCUT2D eigenvalue weighted by molar-refractivity contribution is 14.2. The van der Waals surface area contributed by atoms with Gasteiger partial charge >= 0.3 is 0 Å². The Bertz CT molecular complexity index is 1110. The molecule has 1 fully saturated rings. The highest BCUT2D eigenvalue weighted by Crippen LogP contribution is 2.36. The molecule has 0 saturated carbocycles. The van der Waals surface area contributed by atoms with Crippen LogP contribution in [0.2, 0.25) is 0 Å². The normalized spacial score (nSPS) is 18.0. The number of fused-ring (bicyclic) bond motifs is 1. The van der Waals surface area contributed by atoms with Crippen LogP contribution in [0.5, 0.6) is 0 Å². The Labute approximate surface area is 221 Å². The second-order valence-electron chi connectivity index (χ2n) is 8.04. The topological polar surface area (TPSA) is 87.7 Å². The molecule has 2 aromatic heterocycles. The third-order valence-electron chi connectivity index (χ3n) is 5.59.